The lowest BCUT2D eigenvalue weighted by molar-refractivity contribution is 0.794. The van der Waals surface area contributed by atoms with Gasteiger partial charge in [0, 0.05) is 0 Å². The van der Waals surface area contributed by atoms with Gasteiger partial charge in [-0.2, -0.15) is 5.26 Å². The van der Waals surface area contributed by atoms with Gasteiger partial charge in [0.25, 0.3) is 0 Å². The number of nitrogens with zero attached hydrogens (tertiary/aromatic N) is 4. The van der Waals surface area contributed by atoms with E-state index in [0.717, 1.165) is 24.2 Å². The first kappa shape index (κ1) is 13.1. The third kappa shape index (κ3) is 3.15. The molecule has 1 heterocycles. The van der Waals surface area contributed by atoms with Crippen LogP contribution in [0, 0.1) is 11.3 Å². The Morgan fingerprint density at radius 2 is 1.71 bits per heavy atom. The molecule has 4 heteroatoms. The topological polar surface area (TPSA) is 54.5 Å². The molecule has 21 heavy (non-hydrogen) atoms. The summed E-state index contributed by atoms with van der Waals surface area (Å²) >= 11 is 0. The maximum absolute atomic E-state index is 8.78. The van der Waals surface area contributed by atoms with Gasteiger partial charge in [0.15, 0.2) is 0 Å². The Kier molecular flexibility index (Phi) is 3.74. The van der Waals surface area contributed by atoms with E-state index in [9.17, 15) is 0 Å². The fraction of sp³-hybridized carbons (Fsp3) is 0.118. The summed E-state index contributed by atoms with van der Waals surface area (Å²) < 4.78 is 1.79. The maximum Gasteiger partial charge on any atom is 0.0991 e. The molecule has 0 fully saturated rings. The van der Waals surface area contributed by atoms with Crippen molar-refractivity contribution in [3.8, 4) is 11.8 Å². The maximum atomic E-state index is 8.78. The zero-order valence-electron chi connectivity index (χ0n) is 11.5. The number of rotatable bonds is 4. The molecule has 2 aromatic carbocycles. The van der Waals surface area contributed by atoms with Crippen LogP contribution in [0.1, 0.15) is 16.8 Å². The Labute approximate surface area is 123 Å². The normalized spacial score (nSPS) is 10.2. The van der Waals surface area contributed by atoms with Gasteiger partial charge in [0.05, 0.1) is 29.2 Å². The highest BCUT2D eigenvalue weighted by molar-refractivity contribution is 5.32. The molecule has 0 radical (unpaired) electrons. The molecule has 4 nitrogen and oxygen atoms in total. The zero-order chi connectivity index (χ0) is 14.5. The second kappa shape index (κ2) is 6.02. The van der Waals surface area contributed by atoms with Crippen LogP contribution in [-0.4, -0.2) is 15.0 Å². The number of aryl methyl sites for hydroxylation is 2. The summed E-state index contributed by atoms with van der Waals surface area (Å²) in [6, 6.07) is 19.7. The summed E-state index contributed by atoms with van der Waals surface area (Å²) in [5, 5.41) is 17.1. The fourth-order valence-electron chi connectivity index (χ4n) is 2.14. The number of nitriles is 1. The van der Waals surface area contributed by atoms with Crippen LogP contribution in [0.2, 0.25) is 0 Å². The van der Waals surface area contributed by atoms with Crippen molar-refractivity contribution in [1.29, 1.82) is 5.26 Å². The Morgan fingerprint density at radius 1 is 0.952 bits per heavy atom. The van der Waals surface area contributed by atoms with Gasteiger partial charge < -0.3 is 0 Å². The highest BCUT2D eigenvalue weighted by Crippen LogP contribution is 2.09. The van der Waals surface area contributed by atoms with Gasteiger partial charge in [0.1, 0.15) is 0 Å². The molecular weight excluding hydrogens is 260 g/mol. The quantitative estimate of drug-likeness (QED) is 0.735. The molecule has 1 aromatic heterocycles. The van der Waals surface area contributed by atoms with Crippen molar-refractivity contribution in [3.63, 3.8) is 0 Å². The van der Waals surface area contributed by atoms with E-state index in [1.165, 1.54) is 5.56 Å². The van der Waals surface area contributed by atoms with Crippen molar-refractivity contribution < 1.29 is 0 Å². The van der Waals surface area contributed by atoms with Crippen LogP contribution in [0.4, 0.5) is 0 Å². The minimum Gasteiger partial charge on any atom is -0.220 e. The molecule has 0 amide bonds. The van der Waals surface area contributed by atoms with Gasteiger partial charge in [-0.25, -0.2) is 4.68 Å². The van der Waals surface area contributed by atoms with Crippen molar-refractivity contribution in [2.24, 2.45) is 0 Å². The number of benzene rings is 2. The molecule has 0 unspecified atom stereocenters. The van der Waals surface area contributed by atoms with Gasteiger partial charge >= 0.3 is 0 Å². The smallest absolute Gasteiger partial charge is 0.0991 e. The second-order valence-corrected chi connectivity index (χ2v) is 4.80. The Morgan fingerprint density at radius 3 is 2.43 bits per heavy atom. The van der Waals surface area contributed by atoms with E-state index in [0.29, 0.717) is 5.56 Å². The third-order valence-electron chi connectivity index (χ3n) is 3.31. The molecule has 0 N–H and O–H groups in total. The minimum atomic E-state index is 0.689. The van der Waals surface area contributed by atoms with E-state index < -0.39 is 0 Å². The van der Waals surface area contributed by atoms with Gasteiger partial charge in [-0.05, 0) is 42.7 Å². The van der Waals surface area contributed by atoms with E-state index in [2.05, 4.69) is 16.4 Å². The van der Waals surface area contributed by atoms with E-state index in [1.807, 2.05) is 60.8 Å². The molecule has 0 spiro atoms. The lowest BCUT2D eigenvalue weighted by Crippen LogP contribution is -1.93. The summed E-state index contributed by atoms with van der Waals surface area (Å²) in [6.07, 6.45) is 3.68. The number of aromatic nitrogens is 3. The minimum absolute atomic E-state index is 0.689. The van der Waals surface area contributed by atoms with E-state index >= 15 is 0 Å². The van der Waals surface area contributed by atoms with Crippen LogP contribution in [0.5, 0.6) is 0 Å². The monoisotopic (exact) mass is 274 g/mol. The largest absolute Gasteiger partial charge is 0.220 e. The molecule has 0 atom stereocenters. The molecule has 0 bridgehead atoms. The molecule has 0 aliphatic heterocycles. The highest BCUT2D eigenvalue weighted by atomic mass is 15.4. The van der Waals surface area contributed by atoms with Crippen LogP contribution >= 0.6 is 0 Å². The molecule has 102 valence electrons. The summed E-state index contributed by atoms with van der Waals surface area (Å²) in [5.74, 6) is 0. The van der Waals surface area contributed by atoms with Crippen molar-refractivity contribution >= 4 is 0 Å². The van der Waals surface area contributed by atoms with Crippen LogP contribution in [0.25, 0.3) is 5.69 Å². The molecular formula is C17H14N4. The van der Waals surface area contributed by atoms with E-state index in [-0.39, 0.29) is 0 Å². The van der Waals surface area contributed by atoms with Gasteiger partial charge in [-0.3, -0.25) is 0 Å². The summed E-state index contributed by atoms with van der Waals surface area (Å²) in [7, 11) is 0. The van der Waals surface area contributed by atoms with Gasteiger partial charge in [-0.15, -0.1) is 5.10 Å². The van der Waals surface area contributed by atoms with Crippen molar-refractivity contribution in [3.05, 3.63) is 77.6 Å². The summed E-state index contributed by atoms with van der Waals surface area (Å²) in [6.45, 7) is 0. The lowest BCUT2D eigenvalue weighted by atomic mass is 10.1. The van der Waals surface area contributed by atoms with Crippen molar-refractivity contribution in [2.75, 3.05) is 0 Å². The molecule has 3 aromatic rings. The summed E-state index contributed by atoms with van der Waals surface area (Å²) in [4.78, 5) is 0. The number of hydrogen-bond acceptors (Lipinski definition) is 3. The predicted molar refractivity (Wildman–Crippen MR) is 79.9 cm³/mol. The molecule has 0 saturated carbocycles. The van der Waals surface area contributed by atoms with Crippen molar-refractivity contribution in [2.45, 2.75) is 12.8 Å². The molecule has 0 aliphatic carbocycles. The standard InChI is InChI=1S/C17H14N4/c18-12-15-8-6-14(7-9-15)10-11-16-13-21(20-19-16)17-4-2-1-3-5-17/h1-9,13H,10-11H2. The third-order valence-corrected chi connectivity index (χ3v) is 3.31. The Hall–Kier alpha value is -2.93. The Balaban J connectivity index is 1.66. The number of para-hydroxylation sites is 1. The molecule has 0 saturated heterocycles. The van der Waals surface area contributed by atoms with Crippen LogP contribution in [0.15, 0.2) is 60.8 Å². The van der Waals surface area contributed by atoms with E-state index in [1.54, 1.807) is 4.68 Å². The average molecular weight is 274 g/mol. The van der Waals surface area contributed by atoms with Gasteiger partial charge in [0.2, 0.25) is 0 Å². The fourth-order valence-corrected chi connectivity index (χ4v) is 2.14. The SMILES string of the molecule is N#Cc1ccc(CCc2cn(-c3ccccc3)nn2)cc1. The van der Waals surface area contributed by atoms with Crippen molar-refractivity contribution in [1.82, 2.24) is 15.0 Å². The average Bonchev–Trinajstić information content (AvgIpc) is 3.03. The first-order valence-corrected chi connectivity index (χ1v) is 6.81. The zero-order valence-corrected chi connectivity index (χ0v) is 11.5. The molecule has 0 aliphatic rings. The van der Waals surface area contributed by atoms with Crippen LogP contribution in [0.3, 0.4) is 0 Å². The Bertz CT molecular complexity index is 751. The molecule has 3 rings (SSSR count). The summed E-state index contributed by atoms with van der Waals surface area (Å²) in [5.41, 5.74) is 3.86. The first-order chi connectivity index (χ1) is 10.3. The second-order valence-electron chi connectivity index (χ2n) is 4.80. The van der Waals surface area contributed by atoms with Gasteiger partial charge in [-0.1, -0.05) is 35.5 Å². The predicted octanol–water partition coefficient (Wildman–Crippen LogP) is 2.92. The first-order valence-electron chi connectivity index (χ1n) is 6.81. The lowest BCUT2D eigenvalue weighted by Gasteiger charge is -1.99. The van der Waals surface area contributed by atoms with Crippen LogP contribution < -0.4 is 0 Å². The number of hydrogen-bond donors (Lipinski definition) is 0. The van der Waals surface area contributed by atoms with Crippen LogP contribution in [-0.2, 0) is 12.8 Å². The van der Waals surface area contributed by atoms with E-state index in [4.69, 9.17) is 5.26 Å². The highest BCUT2D eigenvalue weighted by Gasteiger charge is 2.03.